The summed E-state index contributed by atoms with van der Waals surface area (Å²) in [5.74, 6) is -0.155. The molecule has 2 atom stereocenters. The fraction of sp³-hybridized carbons (Fsp3) is 0.364. The van der Waals surface area contributed by atoms with Crippen LogP contribution in [-0.4, -0.2) is 51.3 Å². The van der Waals surface area contributed by atoms with E-state index in [1.165, 1.54) is 0 Å². The van der Waals surface area contributed by atoms with Crippen molar-refractivity contribution in [3.05, 3.63) is 65.7 Å². The van der Waals surface area contributed by atoms with E-state index in [1.807, 2.05) is 59.5 Å². The zero-order chi connectivity index (χ0) is 19.6. The molecule has 0 saturated carbocycles. The highest BCUT2D eigenvalue weighted by molar-refractivity contribution is 6.07. The Morgan fingerprint density at radius 3 is 2.71 bits per heavy atom. The summed E-state index contributed by atoms with van der Waals surface area (Å²) < 4.78 is 10.9. The van der Waals surface area contributed by atoms with Crippen LogP contribution in [0.25, 0.3) is 0 Å². The summed E-state index contributed by atoms with van der Waals surface area (Å²) in [7, 11) is 1.60. The first kappa shape index (κ1) is 18.7. The molecule has 1 spiro atoms. The predicted octanol–water partition coefficient (Wildman–Crippen LogP) is 2.14. The van der Waals surface area contributed by atoms with Crippen LogP contribution in [0.2, 0.25) is 0 Å². The molecule has 4 rings (SSSR count). The van der Waals surface area contributed by atoms with Crippen LogP contribution >= 0.6 is 0 Å². The quantitative estimate of drug-likeness (QED) is 0.807. The van der Waals surface area contributed by atoms with Gasteiger partial charge in [-0.1, -0.05) is 36.4 Å². The van der Waals surface area contributed by atoms with E-state index in [1.54, 1.807) is 7.11 Å². The number of amides is 2. The average Bonchev–Trinajstić information content (AvgIpc) is 3.31. The maximum Gasteiger partial charge on any atom is 0.258 e. The standard InChI is InChI=1S/C22H24N2O4/c1-27-12-11-23-20(25)19-13-22(15-28-19)14-24(18-10-6-5-9-17(18)22)21(26)16-7-3-2-4-8-16/h2-10,19H,11-15H2,1H3,(H,23,25). The first-order valence-corrected chi connectivity index (χ1v) is 9.49. The van der Waals surface area contributed by atoms with Gasteiger partial charge in [-0.2, -0.15) is 0 Å². The molecule has 1 fully saturated rings. The maximum absolute atomic E-state index is 13.1. The zero-order valence-corrected chi connectivity index (χ0v) is 15.9. The molecule has 28 heavy (non-hydrogen) atoms. The van der Waals surface area contributed by atoms with Crippen LogP contribution in [0.15, 0.2) is 54.6 Å². The number of hydrogen-bond donors (Lipinski definition) is 1. The number of fused-ring (bicyclic) bond motifs is 2. The molecule has 0 aliphatic carbocycles. The SMILES string of the molecule is COCCNC(=O)C1CC2(CO1)CN(C(=O)c1ccccc1)c1ccccc12. The summed E-state index contributed by atoms with van der Waals surface area (Å²) in [5.41, 5.74) is 2.28. The molecule has 6 nitrogen and oxygen atoms in total. The van der Waals surface area contributed by atoms with E-state index in [0.29, 0.717) is 38.3 Å². The molecule has 0 radical (unpaired) electrons. The van der Waals surface area contributed by atoms with Crippen molar-refractivity contribution in [1.82, 2.24) is 5.32 Å². The fourth-order valence-corrected chi connectivity index (χ4v) is 4.14. The summed E-state index contributed by atoms with van der Waals surface area (Å²) in [4.78, 5) is 27.4. The molecule has 2 unspecified atom stereocenters. The van der Waals surface area contributed by atoms with Gasteiger partial charge in [-0.05, 0) is 30.2 Å². The molecule has 2 amide bonds. The molecule has 2 aromatic carbocycles. The Hall–Kier alpha value is -2.70. The van der Waals surface area contributed by atoms with Gasteiger partial charge in [0.25, 0.3) is 5.91 Å². The van der Waals surface area contributed by atoms with Gasteiger partial charge in [0.2, 0.25) is 5.91 Å². The molecule has 2 aliphatic heterocycles. The van der Waals surface area contributed by atoms with E-state index in [9.17, 15) is 9.59 Å². The van der Waals surface area contributed by atoms with Crippen LogP contribution in [0.5, 0.6) is 0 Å². The predicted molar refractivity (Wildman–Crippen MR) is 105 cm³/mol. The van der Waals surface area contributed by atoms with Crippen LogP contribution in [-0.2, 0) is 19.7 Å². The highest BCUT2D eigenvalue weighted by atomic mass is 16.5. The average molecular weight is 380 g/mol. The molecule has 1 saturated heterocycles. The molecule has 6 heteroatoms. The van der Waals surface area contributed by atoms with Gasteiger partial charge in [0, 0.05) is 36.9 Å². The Morgan fingerprint density at radius 2 is 1.93 bits per heavy atom. The number of carbonyl (C=O) groups is 2. The monoisotopic (exact) mass is 380 g/mol. The number of nitrogens with one attached hydrogen (secondary N) is 1. The third-order valence-corrected chi connectivity index (χ3v) is 5.53. The van der Waals surface area contributed by atoms with Crippen molar-refractivity contribution in [2.24, 2.45) is 0 Å². The van der Waals surface area contributed by atoms with Crippen molar-refractivity contribution >= 4 is 17.5 Å². The van der Waals surface area contributed by atoms with Crippen LogP contribution in [0.3, 0.4) is 0 Å². The summed E-state index contributed by atoms with van der Waals surface area (Å²) in [6.45, 7) is 1.86. The highest BCUT2D eigenvalue weighted by Crippen LogP contribution is 2.47. The van der Waals surface area contributed by atoms with Crippen molar-refractivity contribution in [2.45, 2.75) is 17.9 Å². The minimum Gasteiger partial charge on any atom is -0.383 e. The van der Waals surface area contributed by atoms with Crippen LogP contribution < -0.4 is 10.2 Å². The highest BCUT2D eigenvalue weighted by Gasteiger charge is 2.51. The topological polar surface area (TPSA) is 67.9 Å². The van der Waals surface area contributed by atoms with Crippen LogP contribution in [0.4, 0.5) is 5.69 Å². The molecular formula is C22H24N2O4. The Balaban J connectivity index is 1.57. The van der Waals surface area contributed by atoms with E-state index in [0.717, 1.165) is 11.3 Å². The second kappa shape index (κ2) is 7.73. The molecule has 2 heterocycles. The lowest BCUT2D eigenvalue weighted by Crippen LogP contribution is -2.39. The number of carbonyl (C=O) groups excluding carboxylic acids is 2. The normalized spacial score (nSPS) is 23.0. The van der Waals surface area contributed by atoms with Crippen molar-refractivity contribution < 1.29 is 19.1 Å². The van der Waals surface area contributed by atoms with Gasteiger partial charge in [0.1, 0.15) is 6.10 Å². The number of para-hydroxylation sites is 1. The molecular weight excluding hydrogens is 356 g/mol. The first-order chi connectivity index (χ1) is 13.6. The van der Waals surface area contributed by atoms with E-state index >= 15 is 0 Å². The van der Waals surface area contributed by atoms with E-state index in [4.69, 9.17) is 9.47 Å². The van der Waals surface area contributed by atoms with Gasteiger partial charge in [-0.15, -0.1) is 0 Å². The minimum absolute atomic E-state index is 0.0297. The number of ether oxygens (including phenoxy) is 2. The Labute approximate surface area is 164 Å². The van der Waals surface area contributed by atoms with Crippen LogP contribution in [0, 0.1) is 0 Å². The molecule has 1 N–H and O–H groups in total. The molecule has 146 valence electrons. The Bertz CT molecular complexity index is 870. The zero-order valence-electron chi connectivity index (χ0n) is 15.9. The van der Waals surface area contributed by atoms with Gasteiger partial charge < -0.3 is 19.7 Å². The third kappa shape index (κ3) is 3.30. The second-order valence-corrected chi connectivity index (χ2v) is 7.34. The first-order valence-electron chi connectivity index (χ1n) is 9.49. The van der Waals surface area contributed by atoms with Gasteiger partial charge in [-0.25, -0.2) is 0 Å². The van der Waals surface area contributed by atoms with Crippen molar-refractivity contribution in [1.29, 1.82) is 0 Å². The van der Waals surface area contributed by atoms with Crippen molar-refractivity contribution in [3.8, 4) is 0 Å². The lowest BCUT2D eigenvalue weighted by Gasteiger charge is -2.23. The molecule has 2 aromatic rings. The summed E-state index contributed by atoms with van der Waals surface area (Å²) >= 11 is 0. The number of nitrogens with zero attached hydrogens (tertiary/aromatic N) is 1. The Morgan fingerprint density at radius 1 is 1.18 bits per heavy atom. The lowest BCUT2D eigenvalue weighted by atomic mass is 9.80. The van der Waals surface area contributed by atoms with E-state index < -0.39 is 6.10 Å². The van der Waals surface area contributed by atoms with Gasteiger partial charge in [0.05, 0.1) is 13.2 Å². The van der Waals surface area contributed by atoms with E-state index in [2.05, 4.69) is 5.32 Å². The number of rotatable bonds is 5. The van der Waals surface area contributed by atoms with Crippen LogP contribution in [0.1, 0.15) is 22.3 Å². The number of anilines is 1. The lowest BCUT2D eigenvalue weighted by molar-refractivity contribution is -0.130. The third-order valence-electron chi connectivity index (χ3n) is 5.53. The van der Waals surface area contributed by atoms with E-state index in [-0.39, 0.29) is 17.2 Å². The van der Waals surface area contributed by atoms with Gasteiger partial charge in [-0.3, -0.25) is 9.59 Å². The summed E-state index contributed by atoms with van der Waals surface area (Å²) in [6.07, 6.45) is 0.0400. The molecule has 0 bridgehead atoms. The van der Waals surface area contributed by atoms with Crippen molar-refractivity contribution in [3.63, 3.8) is 0 Å². The largest absolute Gasteiger partial charge is 0.383 e. The Kier molecular flexibility index (Phi) is 5.15. The van der Waals surface area contributed by atoms with Crippen molar-refractivity contribution in [2.75, 3.05) is 38.3 Å². The number of hydrogen-bond acceptors (Lipinski definition) is 4. The smallest absolute Gasteiger partial charge is 0.258 e. The number of methoxy groups -OCH3 is 1. The molecule has 0 aromatic heterocycles. The number of benzene rings is 2. The summed E-state index contributed by atoms with van der Waals surface area (Å²) in [5, 5.41) is 2.85. The minimum atomic E-state index is -0.517. The van der Waals surface area contributed by atoms with Gasteiger partial charge in [0.15, 0.2) is 0 Å². The van der Waals surface area contributed by atoms with Gasteiger partial charge >= 0.3 is 0 Å². The maximum atomic E-state index is 13.1. The summed E-state index contributed by atoms with van der Waals surface area (Å²) in [6, 6.07) is 17.2. The second-order valence-electron chi connectivity index (χ2n) is 7.34. The fourth-order valence-electron chi connectivity index (χ4n) is 4.14. The molecule has 2 aliphatic rings.